The molecule has 0 atom stereocenters. The molecule has 0 aliphatic carbocycles. The molecular formula is C15H23N3O2S. The summed E-state index contributed by atoms with van der Waals surface area (Å²) in [4.78, 5) is 15.0. The van der Waals surface area contributed by atoms with Gasteiger partial charge in [0.15, 0.2) is 0 Å². The number of carbonyl (C=O) groups excluding carboxylic acids is 1. The molecule has 6 heteroatoms. The van der Waals surface area contributed by atoms with Crippen molar-refractivity contribution in [2.45, 2.75) is 18.2 Å². The normalized spacial score (nSPS) is 15.0. The molecule has 0 aromatic heterocycles. The van der Waals surface area contributed by atoms with Gasteiger partial charge in [0.2, 0.25) is 5.91 Å². The number of benzene rings is 1. The van der Waals surface area contributed by atoms with E-state index in [9.17, 15) is 4.79 Å². The average Bonchev–Trinajstić information content (AvgIpc) is 2.51. The summed E-state index contributed by atoms with van der Waals surface area (Å²) < 4.78 is 5.47. The van der Waals surface area contributed by atoms with Crippen molar-refractivity contribution < 1.29 is 9.53 Å². The van der Waals surface area contributed by atoms with Gasteiger partial charge in [-0.05, 0) is 25.1 Å². The van der Waals surface area contributed by atoms with Crippen LogP contribution < -0.4 is 15.8 Å². The van der Waals surface area contributed by atoms with Crippen LogP contribution in [0.5, 0.6) is 5.75 Å². The van der Waals surface area contributed by atoms with Crippen LogP contribution >= 0.6 is 11.8 Å². The molecule has 1 heterocycles. The lowest BCUT2D eigenvalue weighted by molar-refractivity contribution is -0.131. The Morgan fingerprint density at radius 2 is 2.19 bits per heavy atom. The van der Waals surface area contributed by atoms with Crippen molar-refractivity contribution in [1.82, 2.24) is 10.2 Å². The fraction of sp³-hybridized carbons (Fsp3) is 0.533. The van der Waals surface area contributed by atoms with Crippen molar-refractivity contribution in [3.8, 4) is 5.75 Å². The molecule has 0 bridgehead atoms. The van der Waals surface area contributed by atoms with E-state index in [1.165, 1.54) is 0 Å². The molecular weight excluding hydrogens is 286 g/mol. The number of nitrogens with one attached hydrogen (secondary N) is 1. The first-order chi connectivity index (χ1) is 10.2. The van der Waals surface area contributed by atoms with E-state index in [2.05, 4.69) is 5.32 Å². The highest BCUT2D eigenvalue weighted by Gasteiger charge is 2.15. The number of nitrogens with zero attached hydrogens (tertiary/aromatic N) is 1. The van der Waals surface area contributed by atoms with E-state index in [1.54, 1.807) is 11.8 Å². The van der Waals surface area contributed by atoms with Crippen molar-refractivity contribution in [3.05, 3.63) is 18.2 Å². The molecule has 1 aliphatic heterocycles. The molecule has 116 valence electrons. The Kier molecular flexibility index (Phi) is 6.20. The summed E-state index contributed by atoms with van der Waals surface area (Å²) >= 11 is 1.61. The summed E-state index contributed by atoms with van der Waals surface area (Å²) in [6.07, 6.45) is 0.545. The molecule has 0 unspecified atom stereocenters. The van der Waals surface area contributed by atoms with Gasteiger partial charge in [0.05, 0.1) is 6.61 Å². The number of ether oxygens (including phenoxy) is 1. The Hall–Kier alpha value is -1.40. The molecule has 0 saturated carbocycles. The number of hydrogen-bond donors (Lipinski definition) is 2. The lowest BCUT2D eigenvalue weighted by Gasteiger charge is -2.27. The Bertz CT molecular complexity index is 476. The zero-order valence-electron chi connectivity index (χ0n) is 12.4. The van der Waals surface area contributed by atoms with E-state index in [0.717, 1.165) is 48.3 Å². The molecule has 2 rings (SSSR count). The fourth-order valence-corrected chi connectivity index (χ4v) is 3.15. The van der Waals surface area contributed by atoms with Crippen LogP contribution in [-0.4, -0.2) is 49.3 Å². The standard InChI is InChI=1S/C15H23N3O2S/c1-2-20-12-3-4-13(16)14(11-12)21-10-5-15(19)18-8-6-17-7-9-18/h3-4,11,17H,2,5-10,16H2,1H3. The molecule has 1 amide bonds. The van der Waals surface area contributed by atoms with Crippen LogP contribution in [0.15, 0.2) is 23.1 Å². The number of carbonyl (C=O) groups is 1. The minimum Gasteiger partial charge on any atom is -0.494 e. The van der Waals surface area contributed by atoms with Gasteiger partial charge in [-0.3, -0.25) is 4.79 Å². The molecule has 1 saturated heterocycles. The summed E-state index contributed by atoms with van der Waals surface area (Å²) in [6.45, 7) is 5.99. The van der Waals surface area contributed by atoms with Crippen LogP contribution in [0, 0.1) is 0 Å². The maximum Gasteiger partial charge on any atom is 0.223 e. The van der Waals surface area contributed by atoms with E-state index in [0.29, 0.717) is 13.0 Å². The third kappa shape index (κ3) is 4.82. The van der Waals surface area contributed by atoms with Gasteiger partial charge in [-0.25, -0.2) is 0 Å². The largest absolute Gasteiger partial charge is 0.494 e. The van der Waals surface area contributed by atoms with Gasteiger partial charge in [0, 0.05) is 48.9 Å². The van der Waals surface area contributed by atoms with Gasteiger partial charge in [-0.2, -0.15) is 0 Å². The third-order valence-corrected chi connectivity index (χ3v) is 4.41. The summed E-state index contributed by atoms with van der Waals surface area (Å²) in [5, 5.41) is 3.25. The van der Waals surface area contributed by atoms with Gasteiger partial charge < -0.3 is 20.7 Å². The number of thioether (sulfide) groups is 1. The Morgan fingerprint density at radius 3 is 2.90 bits per heavy atom. The molecule has 3 N–H and O–H groups in total. The number of hydrogen-bond acceptors (Lipinski definition) is 5. The third-order valence-electron chi connectivity index (χ3n) is 3.34. The summed E-state index contributed by atoms with van der Waals surface area (Å²) in [5.74, 6) is 1.79. The minimum absolute atomic E-state index is 0.225. The second-order valence-corrected chi connectivity index (χ2v) is 6.00. The van der Waals surface area contributed by atoms with E-state index < -0.39 is 0 Å². The lowest BCUT2D eigenvalue weighted by atomic mass is 10.3. The van der Waals surface area contributed by atoms with Crippen molar-refractivity contribution in [2.24, 2.45) is 0 Å². The monoisotopic (exact) mass is 309 g/mol. The predicted octanol–water partition coefficient (Wildman–Crippen LogP) is 1.58. The first kappa shape index (κ1) is 16.0. The van der Waals surface area contributed by atoms with Crippen molar-refractivity contribution in [2.75, 3.05) is 44.3 Å². The maximum atomic E-state index is 12.1. The summed E-state index contributed by atoms with van der Waals surface area (Å²) in [6, 6.07) is 5.67. The Labute approximate surface area is 130 Å². The molecule has 1 aromatic carbocycles. The highest BCUT2D eigenvalue weighted by Crippen LogP contribution is 2.29. The molecule has 21 heavy (non-hydrogen) atoms. The van der Waals surface area contributed by atoms with Gasteiger partial charge in [-0.15, -0.1) is 11.8 Å². The van der Waals surface area contributed by atoms with E-state index in [4.69, 9.17) is 10.5 Å². The zero-order chi connectivity index (χ0) is 15.1. The van der Waals surface area contributed by atoms with Crippen molar-refractivity contribution >= 4 is 23.4 Å². The number of anilines is 1. The Morgan fingerprint density at radius 1 is 1.43 bits per heavy atom. The van der Waals surface area contributed by atoms with Gasteiger partial charge in [0.1, 0.15) is 5.75 Å². The molecule has 1 aromatic rings. The SMILES string of the molecule is CCOc1ccc(N)c(SCCC(=O)N2CCNCC2)c1. The molecule has 1 aliphatic rings. The number of nitrogens with two attached hydrogens (primary N) is 1. The minimum atomic E-state index is 0.225. The van der Waals surface area contributed by atoms with E-state index in [1.807, 2.05) is 30.0 Å². The number of piperazine rings is 1. The summed E-state index contributed by atoms with van der Waals surface area (Å²) in [7, 11) is 0. The Balaban J connectivity index is 1.82. The molecule has 0 radical (unpaired) electrons. The molecule has 5 nitrogen and oxygen atoms in total. The fourth-order valence-electron chi connectivity index (χ4n) is 2.22. The van der Waals surface area contributed by atoms with Crippen LogP contribution in [0.2, 0.25) is 0 Å². The lowest BCUT2D eigenvalue weighted by Crippen LogP contribution is -2.46. The van der Waals surface area contributed by atoms with Gasteiger partial charge >= 0.3 is 0 Å². The van der Waals surface area contributed by atoms with Crippen molar-refractivity contribution in [1.29, 1.82) is 0 Å². The van der Waals surface area contributed by atoms with Crippen molar-refractivity contribution in [3.63, 3.8) is 0 Å². The topological polar surface area (TPSA) is 67.6 Å². The average molecular weight is 309 g/mol. The smallest absolute Gasteiger partial charge is 0.223 e. The molecule has 1 fully saturated rings. The van der Waals surface area contributed by atoms with Crippen LogP contribution in [-0.2, 0) is 4.79 Å². The van der Waals surface area contributed by atoms with Gasteiger partial charge in [-0.1, -0.05) is 0 Å². The van der Waals surface area contributed by atoms with Gasteiger partial charge in [0.25, 0.3) is 0 Å². The van der Waals surface area contributed by atoms with E-state index in [-0.39, 0.29) is 5.91 Å². The van der Waals surface area contributed by atoms with Crippen LogP contribution in [0.4, 0.5) is 5.69 Å². The highest BCUT2D eigenvalue weighted by molar-refractivity contribution is 7.99. The highest BCUT2D eigenvalue weighted by atomic mass is 32.2. The number of amides is 1. The second-order valence-electron chi connectivity index (χ2n) is 4.86. The number of rotatable bonds is 6. The quantitative estimate of drug-likeness (QED) is 0.617. The predicted molar refractivity (Wildman–Crippen MR) is 86.8 cm³/mol. The molecule has 0 spiro atoms. The maximum absolute atomic E-state index is 12.1. The second kappa shape index (κ2) is 8.14. The van der Waals surface area contributed by atoms with E-state index >= 15 is 0 Å². The van der Waals surface area contributed by atoms with Crippen LogP contribution in [0.1, 0.15) is 13.3 Å². The number of nitrogen functional groups attached to an aromatic ring is 1. The zero-order valence-corrected chi connectivity index (χ0v) is 13.2. The first-order valence-corrected chi connectivity index (χ1v) is 8.33. The summed E-state index contributed by atoms with van der Waals surface area (Å²) in [5.41, 5.74) is 6.70. The van der Waals surface area contributed by atoms with Crippen LogP contribution in [0.3, 0.4) is 0 Å². The first-order valence-electron chi connectivity index (χ1n) is 7.34. The van der Waals surface area contributed by atoms with Crippen LogP contribution in [0.25, 0.3) is 0 Å².